The van der Waals surface area contributed by atoms with Gasteiger partial charge in [0.2, 0.25) is 0 Å². The van der Waals surface area contributed by atoms with Gasteiger partial charge in [-0.25, -0.2) is 9.59 Å². The maximum Gasteiger partial charge on any atom is 0.342 e. The van der Waals surface area contributed by atoms with Crippen molar-refractivity contribution >= 4 is 17.7 Å². The Morgan fingerprint density at radius 1 is 1.00 bits per heavy atom. The molecule has 5 heteroatoms. The molecular formula is C14H16O5. The molecule has 2 saturated carbocycles. The van der Waals surface area contributed by atoms with Gasteiger partial charge in [-0.3, -0.25) is 4.79 Å². The van der Waals surface area contributed by atoms with Gasteiger partial charge in [-0.05, 0) is 31.1 Å². The minimum Gasteiger partial charge on any atom is -0.466 e. The van der Waals surface area contributed by atoms with Crippen LogP contribution in [0.1, 0.15) is 19.3 Å². The molecule has 0 aliphatic heterocycles. The third-order valence-electron chi connectivity index (χ3n) is 4.86. The number of carbonyl (C=O) groups is 3. The third kappa shape index (κ3) is 1.50. The van der Waals surface area contributed by atoms with Crippen molar-refractivity contribution in [1.29, 1.82) is 0 Å². The number of ketones is 1. The van der Waals surface area contributed by atoms with Crippen LogP contribution in [0.5, 0.6) is 0 Å². The fourth-order valence-corrected chi connectivity index (χ4v) is 4.21. The van der Waals surface area contributed by atoms with E-state index in [0.29, 0.717) is 11.8 Å². The Hall–Kier alpha value is -1.65. The van der Waals surface area contributed by atoms with Gasteiger partial charge in [0.25, 0.3) is 0 Å². The van der Waals surface area contributed by atoms with Crippen molar-refractivity contribution in [1.82, 2.24) is 0 Å². The second-order valence-electron chi connectivity index (χ2n) is 5.52. The van der Waals surface area contributed by atoms with E-state index in [2.05, 4.69) is 4.74 Å². The predicted octanol–water partition coefficient (Wildman–Crippen LogP) is 0.874. The average molecular weight is 264 g/mol. The molecule has 4 unspecified atom stereocenters. The monoisotopic (exact) mass is 264 g/mol. The van der Waals surface area contributed by atoms with Gasteiger partial charge in [0.15, 0.2) is 5.78 Å². The van der Waals surface area contributed by atoms with Gasteiger partial charge in [-0.1, -0.05) is 0 Å². The van der Waals surface area contributed by atoms with E-state index in [9.17, 15) is 14.4 Å². The number of fused-ring (bicyclic) bond motifs is 5. The van der Waals surface area contributed by atoms with Crippen LogP contribution in [0.4, 0.5) is 0 Å². The van der Waals surface area contributed by atoms with E-state index >= 15 is 0 Å². The normalized spacial score (nSPS) is 35.6. The van der Waals surface area contributed by atoms with Crippen molar-refractivity contribution in [3.05, 3.63) is 11.1 Å². The van der Waals surface area contributed by atoms with E-state index in [-0.39, 0.29) is 28.8 Å². The fraction of sp³-hybridized carbons (Fsp3) is 0.643. The highest BCUT2D eigenvalue weighted by Gasteiger charge is 2.59. The van der Waals surface area contributed by atoms with Crippen LogP contribution in [-0.2, 0) is 23.9 Å². The van der Waals surface area contributed by atoms with Crippen molar-refractivity contribution in [2.24, 2.45) is 23.7 Å². The van der Waals surface area contributed by atoms with Gasteiger partial charge in [-0.15, -0.1) is 0 Å². The van der Waals surface area contributed by atoms with E-state index in [1.165, 1.54) is 14.2 Å². The summed E-state index contributed by atoms with van der Waals surface area (Å²) in [6, 6.07) is 0. The molecule has 5 nitrogen and oxygen atoms in total. The van der Waals surface area contributed by atoms with Crippen LogP contribution < -0.4 is 0 Å². The Balaban J connectivity index is 2.10. The van der Waals surface area contributed by atoms with E-state index < -0.39 is 11.9 Å². The zero-order valence-corrected chi connectivity index (χ0v) is 11.0. The Morgan fingerprint density at radius 2 is 1.58 bits per heavy atom. The lowest BCUT2D eigenvalue weighted by atomic mass is 9.78. The van der Waals surface area contributed by atoms with Gasteiger partial charge in [0, 0.05) is 11.8 Å². The highest BCUT2D eigenvalue weighted by atomic mass is 16.5. The molecule has 3 rings (SSSR count). The molecule has 0 aromatic rings. The quantitative estimate of drug-likeness (QED) is 0.547. The topological polar surface area (TPSA) is 69.7 Å². The van der Waals surface area contributed by atoms with Crippen LogP contribution in [0.2, 0.25) is 0 Å². The number of esters is 2. The second-order valence-corrected chi connectivity index (χ2v) is 5.52. The van der Waals surface area contributed by atoms with Crippen LogP contribution >= 0.6 is 0 Å². The molecule has 0 N–H and O–H groups in total. The Morgan fingerprint density at radius 3 is 2.16 bits per heavy atom. The lowest BCUT2D eigenvalue weighted by Crippen LogP contribution is -2.26. The summed E-state index contributed by atoms with van der Waals surface area (Å²) < 4.78 is 9.43. The number of hydrogen-bond donors (Lipinski definition) is 0. The van der Waals surface area contributed by atoms with E-state index in [1.807, 2.05) is 0 Å². The van der Waals surface area contributed by atoms with Crippen LogP contribution in [0.25, 0.3) is 0 Å². The molecule has 0 spiro atoms. The molecule has 0 radical (unpaired) electrons. The summed E-state index contributed by atoms with van der Waals surface area (Å²) in [4.78, 5) is 36.2. The maximum absolute atomic E-state index is 12.4. The van der Waals surface area contributed by atoms with Crippen molar-refractivity contribution in [3.8, 4) is 0 Å². The summed E-state index contributed by atoms with van der Waals surface area (Å²) in [5, 5.41) is 0. The predicted molar refractivity (Wildman–Crippen MR) is 63.9 cm³/mol. The largest absolute Gasteiger partial charge is 0.466 e. The van der Waals surface area contributed by atoms with Gasteiger partial charge in [0.05, 0.1) is 19.8 Å². The molecule has 3 aliphatic carbocycles. The molecule has 0 saturated heterocycles. The lowest BCUT2D eigenvalue weighted by molar-refractivity contribution is -0.140. The Bertz CT molecular complexity index is 504. The van der Waals surface area contributed by atoms with Crippen molar-refractivity contribution in [2.45, 2.75) is 19.3 Å². The number of rotatable bonds is 2. The number of ether oxygens (including phenoxy) is 2. The summed E-state index contributed by atoms with van der Waals surface area (Å²) in [7, 11) is 2.50. The third-order valence-corrected chi connectivity index (χ3v) is 4.86. The summed E-state index contributed by atoms with van der Waals surface area (Å²) >= 11 is 0. The Labute approximate surface area is 110 Å². The molecule has 19 heavy (non-hydrogen) atoms. The van der Waals surface area contributed by atoms with Gasteiger partial charge >= 0.3 is 11.9 Å². The molecule has 0 aromatic carbocycles. The minimum absolute atomic E-state index is 0.0686. The smallest absolute Gasteiger partial charge is 0.342 e. The van der Waals surface area contributed by atoms with Crippen LogP contribution in [-0.4, -0.2) is 31.9 Å². The SMILES string of the molecule is COC(=O)C1=C(C(=O)OC)C2C3CCC(C3)C2C1=O. The highest BCUT2D eigenvalue weighted by molar-refractivity contribution is 6.25. The molecule has 2 fully saturated rings. The average Bonchev–Trinajstić information content (AvgIpc) is 3.08. The van der Waals surface area contributed by atoms with E-state index in [0.717, 1.165) is 19.3 Å². The zero-order chi connectivity index (χ0) is 13.7. The molecule has 102 valence electrons. The fourth-order valence-electron chi connectivity index (χ4n) is 4.21. The standard InChI is InChI=1S/C14H16O5/c1-18-13(16)10-8-6-3-4-7(5-6)9(8)12(15)11(10)14(17)19-2/h6-9H,3-5H2,1-2H3. The van der Waals surface area contributed by atoms with Crippen LogP contribution in [0, 0.1) is 23.7 Å². The van der Waals surface area contributed by atoms with Gasteiger partial charge < -0.3 is 9.47 Å². The molecule has 2 bridgehead atoms. The molecule has 0 heterocycles. The van der Waals surface area contributed by atoms with E-state index in [4.69, 9.17) is 4.74 Å². The minimum atomic E-state index is -0.709. The summed E-state index contributed by atoms with van der Waals surface area (Å²) in [6.45, 7) is 0. The zero-order valence-electron chi connectivity index (χ0n) is 11.0. The first-order valence-electron chi connectivity index (χ1n) is 6.55. The van der Waals surface area contributed by atoms with E-state index in [1.54, 1.807) is 0 Å². The highest BCUT2D eigenvalue weighted by Crippen LogP contribution is 2.59. The lowest BCUT2D eigenvalue weighted by Gasteiger charge is -2.24. The Kier molecular flexibility index (Phi) is 2.73. The first-order valence-corrected chi connectivity index (χ1v) is 6.55. The molecular weight excluding hydrogens is 248 g/mol. The maximum atomic E-state index is 12.4. The number of methoxy groups -OCH3 is 2. The first kappa shape index (κ1) is 12.4. The molecule has 4 atom stereocenters. The molecule has 3 aliphatic rings. The van der Waals surface area contributed by atoms with Crippen LogP contribution in [0.3, 0.4) is 0 Å². The van der Waals surface area contributed by atoms with Crippen LogP contribution in [0.15, 0.2) is 11.1 Å². The molecule has 0 aromatic heterocycles. The van der Waals surface area contributed by atoms with Crippen molar-refractivity contribution in [3.63, 3.8) is 0 Å². The van der Waals surface area contributed by atoms with Crippen molar-refractivity contribution < 1.29 is 23.9 Å². The van der Waals surface area contributed by atoms with Crippen molar-refractivity contribution in [2.75, 3.05) is 14.2 Å². The first-order chi connectivity index (χ1) is 9.10. The van der Waals surface area contributed by atoms with Gasteiger partial charge in [-0.2, -0.15) is 0 Å². The second kappa shape index (κ2) is 4.18. The number of carbonyl (C=O) groups excluding carboxylic acids is 3. The summed E-state index contributed by atoms with van der Waals surface area (Å²) in [5.41, 5.74) is 0.192. The number of hydrogen-bond acceptors (Lipinski definition) is 5. The molecule has 0 amide bonds. The summed E-state index contributed by atoms with van der Waals surface area (Å²) in [6.07, 6.45) is 3.02. The van der Waals surface area contributed by atoms with Gasteiger partial charge in [0.1, 0.15) is 5.57 Å². The summed E-state index contributed by atoms with van der Waals surface area (Å²) in [5.74, 6) is -1.19. The number of Topliss-reactive ketones (excluding diaryl/α,β-unsaturated/α-hetero) is 1.